The Bertz CT molecular complexity index is 229. The molecule has 5 unspecified atom stereocenters. The van der Waals surface area contributed by atoms with Crippen LogP contribution in [0.15, 0.2) is 0 Å². The number of nitrogens with two attached hydrogens (primary N) is 1. The summed E-state index contributed by atoms with van der Waals surface area (Å²) in [6.07, 6.45) is 9.64. The lowest BCUT2D eigenvalue weighted by Crippen LogP contribution is -2.50. The molecule has 0 aliphatic heterocycles. The van der Waals surface area contributed by atoms with Gasteiger partial charge in [0.15, 0.2) is 0 Å². The van der Waals surface area contributed by atoms with Gasteiger partial charge < -0.3 is 11.1 Å². The van der Waals surface area contributed by atoms with Crippen molar-refractivity contribution >= 4 is 0 Å². The van der Waals surface area contributed by atoms with E-state index in [1.165, 1.54) is 44.9 Å². The third-order valence-electron chi connectivity index (χ3n) is 5.07. The van der Waals surface area contributed by atoms with Crippen LogP contribution in [0.25, 0.3) is 0 Å². The van der Waals surface area contributed by atoms with Gasteiger partial charge in [0.2, 0.25) is 0 Å². The molecule has 2 rings (SSSR count). The second kappa shape index (κ2) is 6.19. The molecule has 0 aromatic carbocycles. The van der Waals surface area contributed by atoms with Crippen LogP contribution in [0.1, 0.15) is 58.8 Å². The first kappa shape index (κ1) is 13.4. The molecule has 17 heavy (non-hydrogen) atoms. The Morgan fingerprint density at radius 1 is 1.00 bits per heavy atom. The van der Waals surface area contributed by atoms with Crippen LogP contribution in [-0.4, -0.2) is 18.6 Å². The molecule has 0 heterocycles. The normalized spacial score (nSPS) is 43.6. The third-order valence-corrected chi connectivity index (χ3v) is 5.07. The summed E-state index contributed by atoms with van der Waals surface area (Å²) in [5.41, 5.74) is 5.92. The predicted octanol–water partition coefficient (Wildman–Crippen LogP) is 2.92. The lowest BCUT2D eigenvalue weighted by molar-refractivity contribution is 0.173. The van der Waals surface area contributed by atoms with Crippen LogP contribution < -0.4 is 11.1 Å². The van der Waals surface area contributed by atoms with Gasteiger partial charge in [-0.25, -0.2) is 0 Å². The second-order valence-electron chi connectivity index (χ2n) is 6.56. The predicted molar refractivity (Wildman–Crippen MR) is 73.9 cm³/mol. The Morgan fingerprint density at radius 3 is 2.47 bits per heavy atom. The highest BCUT2D eigenvalue weighted by Crippen LogP contribution is 2.31. The fraction of sp³-hybridized carbons (Fsp3) is 1.00. The van der Waals surface area contributed by atoms with Crippen LogP contribution in [0.2, 0.25) is 0 Å². The topological polar surface area (TPSA) is 38.0 Å². The van der Waals surface area contributed by atoms with E-state index in [0.29, 0.717) is 6.04 Å². The zero-order valence-corrected chi connectivity index (χ0v) is 11.6. The molecule has 0 spiro atoms. The Kier molecular flexibility index (Phi) is 4.87. The van der Waals surface area contributed by atoms with Gasteiger partial charge in [0.25, 0.3) is 0 Å². The summed E-state index contributed by atoms with van der Waals surface area (Å²) in [6.45, 7) is 5.69. The van der Waals surface area contributed by atoms with E-state index in [1.807, 2.05) is 0 Å². The summed E-state index contributed by atoms with van der Waals surface area (Å²) in [5, 5.41) is 3.95. The van der Waals surface area contributed by atoms with Gasteiger partial charge in [-0.05, 0) is 56.4 Å². The van der Waals surface area contributed by atoms with E-state index >= 15 is 0 Å². The van der Waals surface area contributed by atoms with Crippen molar-refractivity contribution in [3.63, 3.8) is 0 Å². The van der Waals surface area contributed by atoms with Crippen LogP contribution in [0.4, 0.5) is 0 Å². The molecule has 0 aromatic rings. The largest absolute Gasteiger partial charge is 0.330 e. The first-order chi connectivity index (χ1) is 8.20. The molecule has 5 atom stereocenters. The molecule has 2 aliphatic carbocycles. The summed E-state index contributed by atoms with van der Waals surface area (Å²) in [4.78, 5) is 0. The minimum atomic E-state index is 0.703. The number of hydrogen-bond donors (Lipinski definition) is 2. The Morgan fingerprint density at radius 2 is 1.76 bits per heavy atom. The van der Waals surface area contributed by atoms with Crippen LogP contribution >= 0.6 is 0 Å². The minimum absolute atomic E-state index is 0.703. The molecule has 2 fully saturated rings. The summed E-state index contributed by atoms with van der Waals surface area (Å²) in [6, 6.07) is 1.46. The highest BCUT2D eigenvalue weighted by Gasteiger charge is 2.30. The maximum atomic E-state index is 5.92. The quantitative estimate of drug-likeness (QED) is 0.793. The molecule has 3 N–H and O–H groups in total. The minimum Gasteiger partial charge on any atom is -0.330 e. The first-order valence-corrected chi connectivity index (χ1v) is 7.66. The van der Waals surface area contributed by atoms with E-state index < -0.39 is 0 Å². The Labute approximate surface area is 107 Å². The first-order valence-electron chi connectivity index (χ1n) is 7.66. The van der Waals surface area contributed by atoms with Crippen molar-refractivity contribution in [2.24, 2.45) is 23.5 Å². The van der Waals surface area contributed by atoms with Crippen molar-refractivity contribution in [3.05, 3.63) is 0 Å². The van der Waals surface area contributed by atoms with Gasteiger partial charge in [0.05, 0.1) is 0 Å². The van der Waals surface area contributed by atoms with Gasteiger partial charge in [-0.1, -0.05) is 26.7 Å². The van der Waals surface area contributed by atoms with Crippen LogP contribution in [0.3, 0.4) is 0 Å². The lowest BCUT2D eigenvalue weighted by Gasteiger charge is -2.40. The van der Waals surface area contributed by atoms with Gasteiger partial charge in [0.1, 0.15) is 0 Å². The van der Waals surface area contributed by atoms with E-state index in [0.717, 1.165) is 30.3 Å². The molecule has 100 valence electrons. The van der Waals surface area contributed by atoms with Crippen molar-refractivity contribution in [2.45, 2.75) is 70.9 Å². The highest BCUT2D eigenvalue weighted by molar-refractivity contribution is 4.88. The molecule has 0 saturated heterocycles. The molecule has 2 heteroatoms. The van der Waals surface area contributed by atoms with Gasteiger partial charge >= 0.3 is 0 Å². The Hall–Kier alpha value is -0.0800. The fourth-order valence-corrected chi connectivity index (χ4v) is 3.90. The van der Waals surface area contributed by atoms with Gasteiger partial charge in [0, 0.05) is 12.1 Å². The summed E-state index contributed by atoms with van der Waals surface area (Å²) in [5.74, 6) is 2.51. The molecular weight excluding hydrogens is 208 g/mol. The average Bonchev–Trinajstić information content (AvgIpc) is 2.33. The zero-order chi connectivity index (χ0) is 12.3. The summed E-state index contributed by atoms with van der Waals surface area (Å²) < 4.78 is 0. The van der Waals surface area contributed by atoms with Crippen molar-refractivity contribution < 1.29 is 0 Å². The number of rotatable bonds is 3. The highest BCUT2D eigenvalue weighted by atomic mass is 15.0. The summed E-state index contributed by atoms with van der Waals surface area (Å²) >= 11 is 0. The van der Waals surface area contributed by atoms with E-state index in [9.17, 15) is 0 Å². The standard InChI is InChI=1S/C15H30N2/c1-11-7-8-14(12(2)9-11)17-15-6-4-3-5-13(15)10-16/h11-15,17H,3-10,16H2,1-2H3. The SMILES string of the molecule is CC1CCC(NC2CCCCC2CN)C(C)C1. The smallest absolute Gasteiger partial charge is 0.0110 e. The van der Waals surface area contributed by atoms with Crippen LogP contribution in [0.5, 0.6) is 0 Å². The second-order valence-corrected chi connectivity index (χ2v) is 6.56. The molecule has 2 nitrogen and oxygen atoms in total. The van der Waals surface area contributed by atoms with E-state index in [-0.39, 0.29) is 0 Å². The van der Waals surface area contributed by atoms with Gasteiger partial charge in [-0.3, -0.25) is 0 Å². The van der Waals surface area contributed by atoms with E-state index in [4.69, 9.17) is 5.73 Å². The maximum Gasteiger partial charge on any atom is 0.0110 e. The van der Waals surface area contributed by atoms with Gasteiger partial charge in [-0.2, -0.15) is 0 Å². The molecule has 0 radical (unpaired) electrons. The monoisotopic (exact) mass is 238 g/mol. The van der Waals surface area contributed by atoms with Crippen LogP contribution in [-0.2, 0) is 0 Å². The lowest BCUT2D eigenvalue weighted by atomic mass is 9.78. The molecule has 0 amide bonds. The van der Waals surface area contributed by atoms with Gasteiger partial charge in [-0.15, -0.1) is 0 Å². The van der Waals surface area contributed by atoms with Crippen molar-refractivity contribution in [2.75, 3.05) is 6.54 Å². The molecule has 0 bridgehead atoms. The van der Waals surface area contributed by atoms with E-state index in [1.54, 1.807) is 0 Å². The molecule has 2 aliphatic rings. The third kappa shape index (κ3) is 3.45. The molecule has 2 saturated carbocycles. The number of hydrogen-bond acceptors (Lipinski definition) is 2. The summed E-state index contributed by atoms with van der Waals surface area (Å²) in [7, 11) is 0. The van der Waals surface area contributed by atoms with Crippen molar-refractivity contribution in [1.29, 1.82) is 0 Å². The van der Waals surface area contributed by atoms with Crippen molar-refractivity contribution in [1.82, 2.24) is 5.32 Å². The van der Waals surface area contributed by atoms with Crippen molar-refractivity contribution in [3.8, 4) is 0 Å². The fourth-order valence-electron chi connectivity index (χ4n) is 3.90. The maximum absolute atomic E-state index is 5.92. The van der Waals surface area contributed by atoms with E-state index in [2.05, 4.69) is 19.2 Å². The molecule has 0 aromatic heterocycles. The number of nitrogens with one attached hydrogen (secondary N) is 1. The van der Waals surface area contributed by atoms with Crippen LogP contribution in [0, 0.1) is 17.8 Å². The Balaban J connectivity index is 1.86. The molecular formula is C15H30N2. The average molecular weight is 238 g/mol. The zero-order valence-electron chi connectivity index (χ0n) is 11.6.